The molecule has 1 aliphatic heterocycles. The fraction of sp³-hybridized carbons (Fsp3) is 0.294. The smallest absolute Gasteiger partial charge is 0.244 e. The number of nitriles is 1. The van der Waals surface area contributed by atoms with E-state index in [-0.39, 0.29) is 17.3 Å². The number of carbonyl (C=O) groups excluding carboxylic acids is 1. The summed E-state index contributed by atoms with van der Waals surface area (Å²) < 4.78 is 25.7. The molecule has 0 saturated carbocycles. The van der Waals surface area contributed by atoms with Crippen LogP contribution in [0.5, 0.6) is 0 Å². The minimum atomic E-state index is -3.47. The number of hydrogen-bond acceptors (Lipinski definition) is 6. The quantitative estimate of drug-likeness (QED) is 0.841. The van der Waals surface area contributed by atoms with Gasteiger partial charge in [-0.2, -0.15) is 5.26 Å². The Morgan fingerprint density at radius 1 is 1.38 bits per heavy atom. The molecule has 0 bridgehead atoms. The summed E-state index contributed by atoms with van der Waals surface area (Å²) in [4.78, 5) is 14.5. The molecule has 0 unspecified atom stereocenters. The van der Waals surface area contributed by atoms with Crippen molar-refractivity contribution in [2.45, 2.75) is 11.3 Å². The summed E-state index contributed by atoms with van der Waals surface area (Å²) >= 11 is 1.31. The molecule has 2 aromatic rings. The van der Waals surface area contributed by atoms with Gasteiger partial charge < -0.3 is 10.2 Å². The van der Waals surface area contributed by atoms with Crippen molar-refractivity contribution in [3.05, 3.63) is 40.8 Å². The molecule has 1 aliphatic rings. The highest BCUT2D eigenvalue weighted by Gasteiger charge is 2.25. The predicted molar refractivity (Wildman–Crippen MR) is 101 cm³/mol. The second-order valence-electron chi connectivity index (χ2n) is 6.07. The van der Waals surface area contributed by atoms with Crippen molar-refractivity contribution in [2.24, 2.45) is 0 Å². The van der Waals surface area contributed by atoms with E-state index in [1.807, 2.05) is 11.0 Å². The van der Waals surface area contributed by atoms with E-state index in [0.717, 1.165) is 11.3 Å². The monoisotopic (exact) mass is 390 g/mol. The Hall–Kier alpha value is -2.41. The highest BCUT2D eigenvalue weighted by atomic mass is 32.2. The molecule has 1 N–H and O–H groups in total. The van der Waals surface area contributed by atoms with Crippen LogP contribution in [0.4, 0.5) is 10.7 Å². The number of nitrogens with one attached hydrogen (secondary N) is 1. The molecule has 0 aliphatic carbocycles. The number of hydrogen-bond donors (Lipinski definition) is 1. The standard InChI is InChI=1S/C17H18N4O3S2/c1-20(2)26(23,24)14-3-4-15-12(9-14)5-7-21(15)11-16(22)19-17-13(10-18)6-8-25-17/h3-4,6,8-9H,5,7,11H2,1-2H3,(H,19,22). The van der Waals surface area contributed by atoms with Gasteiger partial charge in [0.15, 0.2) is 0 Å². The molecule has 1 aromatic heterocycles. The zero-order valence-corrected chi connectivity index (χ0v) is 16.0. The van der Waals surface area contributed by atoms with E-state index >= 15 is 0 Å². The average molecular weight is 390 g/mol. The highest BCUT2D eigenvalue weighted by Crippen LogP contribution is 2.31. The molecule has 136 valence electrons. The largest absolute Gasteiger partial charge is 0.362 e. The Morgan fingerprint density at radius 3 is 2.85 bits per heavy atom. The number of sulfonamides is 1. The van der Waals surface area contributed by atoms with Gasteiger partial charge in [0.05, 0.1) is 17.0 Å². The number of benzene rings is 1. The fourth-order valence-corrected chi connectivity index (χ4v) is 4.52. The lowest BCUT2D eigenvalue weighted by atomic mass is 10.2. The summed E-state index contributed by atoms with van der Waals surface area (Å²) in [6.45, 7) is 0.791. The summed E-state index contributed by atoms with van der Waals surface area (Å²) in [6.07, 6.45) is 0.682. The zero-order chi connectivity index (χ0) is 18.9. The number of carbonyl (C=O) groups is 1. The van der Waals surface area contributed by atoms with Crippen LogP contribution in [0, 0.1) is 11.3 Å². The maximum atomic E-state index is 12.3. The summed E-state index contributed by atoms with van der Waals surface area (Å²) in [7, 11) is -0.476. The molecule has 0 atom stereocenters. The van der Waals surface area contributed by atoms with Gasteiger partial charge in [0, 0.05) is 26.3 Å². The van der Waals surface area contributed by atoms with Gasteiger partial charge in [0.1, 0.15) is 11.1 Å². The third-order valence-corrected chi connectivity index (χ3v) is 6.84. The second-order valence-corrected chi connectivity index (χ2v) is 9.14. The molecular weight excluding hydrogens is 372 g/mol. The van der Waals surface area contributed by atoms with E-state index in [2.05, 4.69) is 5.32 Å². The highest BCUT2D eigenvalue weighted by molar-refractivity contribution is 7.89. The van der Waals surface area contributed by atoms with Crippen LogP contribution in [0.3, 0.4) is 0 Å². The van der Waals surface area contributed by atoms with E-state index in [9.17, 15) is 13.2 Å². The molecule has 9 heteroatoms. The summed E-state index contributed by atoms with van der Waals surface area (Å²) in [5.41, 5.74) is 2.22. The van der Waals surface area contributed by atoms with Gasteiger partial charge in [-0.25, -0.2) is 12.7 Å². The summed E-state index contributed by atoms with van der Waals surface area (Å²) in [6, 6.07) is 8.70. The minimum Gasteiger partial charge on any atom is -0.362 e. The van der Waals surface area contributed by atoms with Gasteiger partial charge in [-0.1, -0.05) is 0 Å². The van der Waals surface area contributed by atoms with Crippen molar-refractivity contribution < 1.29 is 13.2 Å². The van der Waals surface area contributed by atoms with E-state index in [1.165, 1.54) is 29.7 Å². The third-order valence-electron chi connectivity index (χ3n) is 4.19. The maximum Gasteiger partial charge on any atom is 0.244 e. The Balaban J connectivity index is 1.74. The molecule has 1 aromatic carbocycles. The van der Waals surface area contributed by atoms with Gasteiger partial charge in [-0.3, -0.25) is 4.79 Å². The normalized spacial score (nSPS) is 13.5. The van der Waals surface area contributed by atoms with E-state index in [4.69, 9.17) is 5.26 Å². The third kappa shape index (κ3) is 3.44. The van der Waals surface area contributed by atoms with Crippen molar-refractivity contribution >= 4 is 38.0 Å². The zero-order valence-electron chi connectivity index (χ0n) is 14.4. The molecule has 26 heavy (non-hydrogen) atoms. The first-order chi connectivity index (χ1) is 12.3. The lowest BCUT2D eigenvalue weighted by molar-refractivity contribution is -0.114. The van der Waals surface area contributed by atoms with Crippen molar-refractivity contribution in [3.63, 3.8) is 0 Å². The number of fused-ring (bicyclic) bond motifs is 1. The van der Waals surface area contributed by atoms with Crippen LogP contribution < -0.4 is 10.2 Å². The first-order valence-corrected chi connectivity index (χ1v) is 10.2. The van der Waals surface area contributed by atoms with Crippen LogP contribution in [0.2, 0.25) is 0 Å². The lowest BCUT2D eigenvalue weighted by Crippen LogP contribution is -2.31. The van der Waals surface area contributed by atoms with E-state index in [0.29, 0.717) is 23.5 Å². The molecular formula is C17H18N4O3S2. The molecule has 2 heterocycles. The van der Waals surface area contributed by atoms with Gasteiger partial charge in [-0.05, 0) is 41.6 Å². The van der Waals surface area contributed by atoms with Crippen LogP contribution in [-0.2, 0) is 21.2 Å². The SMILES string of the molecule is CN(C)S(=O)(=O)c1ccc2c(c1)CCN2CC(=O)Nc1sccc1C#N. The predicted octanol–water partition coefficient (Wildman–Crippen LogP) is 1.87. The number of rotatable bonds is 5. The van der Waals surface area contributed by atoms with E-state index < -0.39 is 10.0 Å². The van der Waals surface area contributed by atoms with Crippen molar-refractivity contribution in [3.8, 4) is 6.07 Å². The average Bonchev–Trinajstić information content (AvgIpc) is 3.21. The van der Waals surface area contributed by atoms with Gasteiger partial charge in [0.2, 0.25) is 15.9 Å². The number of thiophene rings is 1. The summed E-state index contributed by atoms with van der Waals surface area (Å²) in [5, 5.41) is 14.1. The van der Waals surface area contributed by atoms with Gasteiger partial charge >= 0.3 is 0 Å². The Bertz CT molecular complexity index is 990. The first-order valence-electron chi connectivity index (χ1n) is 7.91. The van der Waals surface area contributed by atoms with Gasteiger partial charge in [-0.15, -0.1) is 11.3 Å². The Labute approximate surface area is 156 Å². The van der Waals surface area contributed by atoms with Crippen LogP contribution in [-0.4, -0.2) is 45.8 Å². The Kier molecular flexibility index (Phi) is 5.00. The fourth-order valence-electron chi connectivity index (χ4n) is 2.82. The van der Waals surface area contributed by atoms with Crippen LogP contribution >= 0.6 is 11.3 Å². The van der Waals surface area contributed by atoms with Crippen molar-refractivity contribution in [1.82, 2.24) is 4.31 Å². The lowest BCUT2D eigenvalue weighted by Gasteiger charge is -2.19. The second kappa shape index (κ2) is 7.07. The van der Waals surface area contributed by atoms with Crippen molar-refractivity contribution in [1.29, 1.82) is 5.26 Å². The molecule has 1 amide bonds. The molecule has 7 nitrogen and oxygen atoms in total. The van der Waals surface area contributed by atoms with Crippen LogP contribution in [0.15, 0.2) is 34.5 Å². The topological polar surface area (TPSA) is 93.5 Å². The molecule has 0 radical (unpaired) electrons. The van der Waals surface area contributed by atoms with Crippen LogP contribution in [0.25, 0.3) is 0 Å². The van der Waals surface area contributed by atoms with Crippen molar-refractivity contribution in [2.75, 3.05) is 37.4 Å². The first kappa shape index (κ1) is 18.4. The number of anilines is 2. The number of nitrogens with zero attached hydrogens (tertiary/aromatic N) is 3. The maximum absolute atomic E-state index is 12.3. The summed E-state index contributed by atoms with van der Waals surface area (Å²) in [5.74, 6) is -0.207. The molecule has 3 rings (SSSR count). The van der Waals surface area contributed by atoms with Gasteiger partial charge in [0.25, 0.3) is 0 Å². The molecule has 0 saturated heterocycles. The van der Waals surface area contributed by atoms with E-state index in [1.54, 1.807) is 29.6 Å². The molecule has 0 fully saturated rings. The minimum absolute atomic E-state index is 0.148. The molecule has 0 spiro atoms. The Morgan fingerprint density at radius 2 is 2.15 bits per heavy atom. The van der Waals surface area contributed by atoms with Crippen LogP contribution in [0.1, 0.15) is 11.1 Å². The number of amides is 1.